The van der Waals surface area contributed by atoms with Gasteiger partial charge in [-0.3, -0.25) is 4.79 Å². The SMILES string of the molecule is O=Cc1ccc(-c2c(Br)cc(F)c(F)c2Cl)o1. The minimum Gasteiger partial charge on any atom is -0.453 e. The largest absolute Gasteiger partial charge is 0.453 e. The Morgan fingerprint density at radius 3 is 2.65 bits per heavy atom. The topological polar surface area (TPSA) is 30.2 Å². The normalized spacial score (nSPS) is 10.6. The summed E-state index contributed by atoms with van der Waals surface area (Å²) >= 11 is 8.76. The molecule has 2 nitrogen and oxygen atoms in total. The molecule has 0 unspecified atom stereocenters. The van der Waals surface area contributed by atoms with Gasteiger partial charge in [0.1, 0.15) is 5.76 Å². The minimum absolute atomic E-state index is 0.0766. The van der Waals surface area contributed by atoms with Crippen LogP contribution >= 0.6 is 27.5 Å². The van der Waals surface area contributed by atoms with Gasteiger partial charge < -0.3 is 4.42 Å². The smallest absolute Gasteiger partial charge is 0.185 e. The zero-order valence-corrected chi connectivity index (χ0v) is 10.5. The highest BCUT2D eigenvalue weighted by molar-refractivity contribution is 9.10. The van der Waals surface area contributed by atoms with Crippen LogP contribution in [0.15, 0.2) is 27.1 Å². The van der Waals surface area contributed by atoms with E-state index in [1.54, 1.807) is 0 Å². The molecule has 0 saturated heterocycles. The summed E-state index contributed by atoms with van der Waals surface area (Å²) in [6, 6.07) is 3.80. The molecule has 88 valence electrons. The fourth-order valence-electron chi connectivity index (χ4n) is 1.34. The second kappa shape index (κ2) is 4.58. The Kier molecular flexibility index (Phi) is 3.31. The second-order valence-electron chi connectivity index (χ2n) is 3.16. The van der Waals surface area contributed by atoms with E-state index in [1.807, 2.05) is 0 Å². The molecule has 0 aliphatic rings. The Hall–Kier alpha value is -1.20. The van der Waals surface area contributed by atoms with Crippen molar-refractivity contribution in [2.45, 2.75) is 0 Å². The van der Waals surface area contributed by atoms with Crippen molar-refractivity contribution in [1.29, 1.82) is 0 Å². The van der Waals surface area contributed by atoms with Crippen molar-refractivity contribution in [1.82, 2.24) is 0 Å². The van der Waals surface area contributed by atoms with Crippen LogP contribution in [-0.2, 0) is 0 Å². The van der Waals surface area contributed by atoms with Gasteiger partial charge in [0.2, 0.25) is 0 Å². The van der Waals surface area contributed by atoms with Crippen molar-refractivity contribution in [3.05, 3.63) is 45.1 Å². The fourth-order valence-corrected chi connectivity index (χ4v) is 2.34. The summed E-state index contributed by atoms with van der Waals surface area (Å²) in [7, 11) is 0. The summed E-state index contributed by atoms with van der Waals surface area (Å²) in [6.07, 6.45) is 0.505. The van der Waals surface area contributed by atoms with Crippen molar-refractivity contribution in [2.24, 2.45) is 0 Å². The molecule has 17 heavy (non-hydrogen) atoms. The van der Waals surface area contributed by atoms with E-state index in [0.717, 1.165) is 6.07 Å². The molecule has 0 N–H and O–H groups in total. The zero-order chi connectivity index (χ0) is 12.6. The summed E-state index contributed by atoms with van der Waals surface area (Å²) in [5.41, 5.74) is 0.165. The molecular formula is C11H4BrClF2O2. The maximum absolute atomic E-state index is 13.3. The van der Waals surface area contributed by atoms with Gasteiger partial charge in [0.05, 0.1) is 10.6 Å². The third kappa shape index (κ3) is 2.12. The van der Waals surface area contributed by atoms with E-state index >= 15 is 0 Å². The highest BCUT2D eigenvalue weighted by atomic mass is 79.9. The number of benzene rings is 1. The third-order valence-electron chi connectivity index (χ3n) is 2.10. The lowest BCUT2D eigenvalue weighted by Gasteiger charge is -2.06. The molecule has 0 aliphatic carbocycles. The Bertz CT molecular complexity index is 595. The van der Waals surface area contributed by atoms with Crippen LogP contribution in [0.5, 0.6) is 0 Å². The molecule has 0 radical (unpaired) electrons. The standard InChI is InChI=1S/C11H4BrClF2O2/c12-6-3-7(14)11(15)10(13)9(6)8-2-1-5(4-16)17-8/h1-4H. The van der Waals surface area contributed by atoms with E-state index in [-0.39, 0.29) is 21.6 Å². The maximum atomic E-state index is 13.3. The van der Waals surface area contributed by atoms with Gasteiger partial charge in [-0.1, -0.05) is 11.6 Å². The molecule has 1 aromatic heterocycles. The lowest BCUT2D eigenvalue weighted by molar-refractivity contribution is 0.110. The van der Waals surface area contributed by atoms with E-state index < -0.39 is 16.7 Å². The lowest BCUT2D eigenvalue weighted by Crippen LogP contribution is -1.90. The van der Waals surface area contributed by atoms with Gasteiger partial charge in [-0.25, -0.2) is 8.78 Å². The molecule has 0 bridgehead atoms. The Balaban J connectivity index is 2.66. The average Bonchev–Trinajstić information content (AvgIpc) is 2.74. The predicted molar refractivity (Wildman–Crippen MR) is 62.2 cm³/mol. The molecule has 0 amide bonds. The monoisotopic (exact) mass is 320 g/mol. The molecule has 0 atom stereocenters. The minimum atomic E-state index is -1.16. The highest BCUT2D eigenvalue weighted by Gasteiger charge is 2.19. The lowest BCUT2D eigenvalue weighted by atomic mass is 10.1. The van der Waals surface area contributed by atoms with Crippen LogP contribution in [0.25, 0.3) is 11.3 Å². The Morgan fingerprint density at radius 1 is 1.35 bits per heavy atom. The zero-order valence-electron chi connectivity index (χ0n) is 8.14. The number of rotatable bonds is 2. The molecule has 0 saturated carbocycles. The predicted octanol–water partition coefficient (Wildman–Crippen LogP) is 4.45. The van der Waals surface area contributed by atoms with Crippen molar-refractivity contribution in [3.63, 3.8) is 0 Å². The summed E-state index contributed by atoms with van der Waals surface area (Å²) in [5.74, 6) is -1.96. The maximum Gasteiger partial charge on any atom is 0.185 e. The summed E-state index contributed by atoms with van der Waals surface area (Å²) in [5, 5.41) is -0.399. The van der Waals surface area contributed by atoms with Crippen molar-refractivity contribution < 1.29 is 18.0 Å². The van der Waals surface area contributed by atoms with Gasteiger partial charge in [0.15, 0.2) is 23.7 Å². The number of halogens is 4. The summed E-state index contributed by atoms with van der Waals surface area (Å²) in [4.78, 5) is 10.5. The number of carbonyl (C=O) groups excluding carboxylic acids is 1. The van der Waals surface area contributed by atoms with Crippen molar-refractivity contribution in [2.75, 3.05) is 0 Å². The Morgan fingerprint density at radius 2 is 2.06 bits per heavy atom. The van der Waals surface area contributed by atoms with Gasteiger partial charge in [-0.2, -0.15) is 0 Å². The van der Waals surface area contributed by atoms with E-state index in [0.29, 0.717) is 6.29 Å². The van der Waals surface area contributed by atoms with Crippen LogP contribution in [0.2, 0.25) is 5.02 Å². The van der Waals surface area contributed by atoms with E-state index in [4.69, 9.17) is 16.0 Å². The van der Waals surface area contributed by atoms with Crippen LogP contribution in [0, 0.1) is 11.6 Å². The quantitative estimate of drug-likeness (QED) is 0.464. The third-order valence-corrected chi connectivity index (χ3v) is 3.08. The molecule has 0 fully saturated rings. The van der Waals surface area contributed by atoms with Crippen LogP contribution < -0.4 is 0 Å². The second-order valence-corrected chi connectivity index (χ2v) is 4.40. The van der Waals surface area contributed by atoms with Gasteiger partial charge >= 0.3 is 0 Å². The molecule has 1 aromatic carbocycles. The summed E-state index contributed by atoms with van der Waals surface area (Å²) < 4.78 is 31.7. The molecule has 1 heterocycles. The van der Waals surface area contributed by atoms with E-state index in [2.05, 4.69) is 15.9 Å². The van der Waals surface area contributed by atoms with Gasteiger partial charge in [-0.05, 0) is 34.1 Å². The number of aldehydes is 1. The van der Waals surface area contributed by atoms with Crippen LogP contribution in [0.4, 0.5) is 8.78 Å². The average molecular weight is 322 g/mol. The molecular weight excluding hydrogens is 317 g/mol. The van der Waals surface area contributed by atoms with Crippen molar-refractivity contribution >= 4 is 33.8 Å². The number of carbonyl (C=O) groups is 1. The van der Waals surface area contributed by atoms with Gasteiger partial charge in [0, 0.05) is 4.47 Å². The number of hydrogen-bond acceptors (Lipinski definition) is 2. The highest BCUT2D eigenvalue weighted by Crippen LogP contribution is 2.38. The van der Waals surface area contributed by atoms with E-state index in [1.165, 1.54) is 12.1 Å². The first kappa shape index (κ1) is 12.3. The number of hydrogen-bond donors (Lipinski definition) is 0. The molecule has 6 heteroatoms. The molecule has 2 aromatic rings. The number of furan rings is 1. The molecule has 2 rings (SSSR count). The fraction of sp³-hybridized carbons (Fsp3) is 0. The van der Waals surface area contributed by atoms with E-state index in [9.17, 15) is 13.6 Å². The first-order valence-corrected chi connectivity index (χ1v) is 5.60. The first-order chi connectivity index (χ1) is 8.04. The van der Waals surface area contributed by atoms with Crippen LogP contribution in [0.3, 0.4) is 0 Å². The van der Waals surface area contributed by atoms with Crippen LogP contribution in [0.1, 0.15) is 10.6 Å². The Labute approximate surface area is 108 Å². The van der Waals surface area contributed by atoms with Gasteiger partial charge in [0.25, 0.3) is 0 Å². The molecule has 0 aliphatic heterocycles. The van der Waals surface area contributed by atoms with Crippen molar-refractivity contribution in [3.8, 4) is 11.3 Å². The summed E-state index contributed by atoms with van der Waals surface area (Å²) in [6.45, 7) is 0. The first-order valence-electron chi connectivity index (χ1n) is 4.43. The van der Waals surface area contributed by atoms with Gasteiger partial charge in [-0.15, -0.1) is 0 Å². The van der Waals surface area contributed by atoms with Crippen LogP contribution in [-0.4, -0.2) is 6.29 Å². The molecule has 0 spiro atoms.